The zero-order valence-electron chi connectivity index (χ0n) is 14.8. The molecule has 0 unspecified atom stereocenters. The van der Waals surface area contributed by atoms with Crippen molar-refractivity contribution in [2.24, 2.45) is 4.99 Å². The van der Waals surface area contributed by atoms with Gasteiger partial charge in [0.15, 0.2) is 5.96 Å². The smallest absolute Gasteiger partial charge is 0.252 e. The summed E-state index contributed by atoms with van der Waals surface area (Å²) in [6.07, 6.45) is 0. The van der Waals surface area contributed by atoms with Crippen LogP contribution in [0.3, 0.4) is 0 Å². The normalized spacial score (nSPS) is 11.2. The van der Waals surface area contributed by atoms with Crippen molar-refractivity contribution in [1.82, 2.24) is 15.5 Å². The predicted molar refractivity (Wildman–Crippen MR) is 103 cm³/mol. The number of carbonyl (C=O) groups is 1. The molecule has 0 aliphatic rings. The molecule has 0 atom stereocenters. The molecule has 138 valence electrons. The highest BCUT2D eigenvalue weighted by molar-refractivity contribution is 6.33. The molecule has 0 fully saturated rings. The van der Waals surface area contributed by atoms with Gasteiger partial charge in [-0.2, -0.15) is 0 Å². The van der Waals surface area contributed by atoms with E-state index in [1.807, 2.05) is 18.0 Å². The Morgan fingerprint density at radius 1 is 1.15 bits per heavy atom. The van der Waals surface area contributed by atoms with Gasteiger partial charge in [-0.1, -0.05) is 35.9 Å². The van der Waals surface area contributed by atoms with Crippen molar-refractivity contribution >= 4 is 23.5 Å². The van der Waals surface area contributed by atoms with E-state index < -0.39 is 0 Å². The second-order valence-electron chi connectivity index (χ2n) is 5.70. The van der Waals surface area contributed by atoms with E-state index in [2.05, 4.69) is 15.6 Å². The molecule has 1 amide bonds. The molecule has 2 aromatic rings. The van der Waals surface area contributed by atoms with Crippen LogP contribution in [0.4, 0.5) is 4.39 Å². The third kappa shape index (κ3) is 5.74. The summed E-state index contributed by atoms with van der Waals surface area (Å²) in [6.45, 7) is 1.43. The van der Waals surface area contributed by atoms with E-state index in [9.17, 15) is 9.18 Å². The highest BCUT2D eigenvalue weighted by Gasteiger charge is 2.10. The summed E-state index contributed by atoms with van der Waals surface area (Å²) in [5, 5.41) is 6.39. The number of amides is 1. The first kappa shape index (κ1) is 19.7. The van der Waals surface area contributed by atoms with Crippen LogP contribution >= 0.6 is 11.6 Å². The lowest BCUT2D eigenvalue weighted by Gasteiger charge is -2.22. The maximum absolute atomic E-state index is 13.3. The number of aliphatic imine (C=N–C) groups is 1. The maximum atomic E-state index is 13.3. The Kier molecular flexibility index (Phi) is 7.41. The quantitative estimate of drug-likeness (QED) is 0.463. The fraction of sp³-hybridized carbons (Fsp3) is 0.263. The van der Waals surface area contributed by atoms with Crippen molar-refractivity contribution in [1.29, 1.82) is 0 Å². The lowest BCUT2D eigenvalue weighted by Crippen LogP contribution is -2.42. The first-order valence-electron chi connectivity index (χ1n) is 8.20. The summed E-state index contributed by atoms with van der Waals surface area (Å²) in [7, 11) is 3.54. The second-order valence-corrected chi connectivity index (χ2v) is 6.10. The molecule has 5 nitrogen and oxygen atoms in total. The van der Waals surface area contributed by atoms with Gasteiger partial charge in [-0.25, -0.2) is 4.39 Å². The number of hydrogen-bond acceptors (Lipinski definition) is 2. The third-order valence-corrected chi connectivity index (χ3v) is 4.02. The summed E-state index contributed by atoms with van der Waals surface area (Å²) in [6, 6.07) is 13.3. The van der Waals surface area contributed by atoms with E-state index in [1.54, 1.807) is 37.4 Å². The van der Waals surface area contributed by atoms with Crippen LogP contribution in [0, 0.1) is 5.82 Å². The molecule has 0 aliphatic carbocycles. The molecule has 0 aliphatic heterocycles. The molecule has 26 heavy (non-hydrogen) atoms. The number of nitrogens with one attached hydrogen (secondary N) is 2. The molecule has 2 aromatic carbocycles. The number of benzene rings is 2. The van der Waals surface area contributed by atoms with E-state index in [-0.39, 0.29) is 11.7 Å². The Labute approximate surface area is 157 Å². The van der Waals surface area contributed by atoms with Crippen molar-refractivity contribution in [2.45, 2.75) is 6.54 Å². The van der Waals surface area contributed by atoms with E-state index in [0.717, 1.165) is 5.56 Å². The van der Waals surface area contributed by atoms with Crippen molar-refractivity contribution < 1.29 is 9.18 Å². The fourth-order valence-corrected chi connectivity index (χ4v) is 2.68. The van der Waals surface area contributed by atoms with E-state index in [4.69, 9.17) is 11.6 Å². The van der Waals surface area contributed by atoms with Crippen LogP contribution in [0.5, 0.6) is 0 Å². The van der Waals surface area contributed by atoms with Gasteiger partial charge in [0.2, 0.25) is 0 Å². The van der Waals surface area contributed by atoms with Gasteiger partial charge in [-0.15, -0.1) is 0 Å². The summed E-state index contributed by atoms with van der Waals surface area (Å²) < 4.78 is 13.3. The topological polar surface area (TPSA) is 56.7 Å². The number of carbonyl (C=O) groups excluding carboxylic acids is 1. The average Bonchev–Trinajstić information content (AvgIpc) is 2.62. The lowest BCUT2D eigenvalue weighted by molar-refractivity contribution is 0.0954. The standard InChI is InChI=1S/C19H22ClFN4O/c1-22-19(25(2)13-14-6-5-7-15(21)12-14)24-11-10-23-18(26)16-8-3-4-9-17(16)20/h3-9,12H,10-11,13H2,1-2H3,(H,22,24)(H,23,26). The van der Waals surface area contributed by atoms with Gasteiger partial charge < -0.3 is 15.5 Å². The number of nitrogens with zero attached hydrogens (tertiary/aromatic N) is 2. The molecule has 7 heteroatoms. The van der Waals surface area contributed by atoms with Gasteiger partial charge in [0, 0.05) is 33.7 Å². The highest BCUT2D eigenvalue weighted by atomic mass is 35.5. The van der Waals surface area contributed by atoms with E-state index in [1.165, 1.54) is 12.1 Å². The van der Waals surface area contributed by atoms with Crippen LogP contribution in [0.1, 0.15) is 15.9 Å². The molecule has 2 N–H and O–H groups in total. The average molecular weight is 377 g/mol. The number of halogens is 2. The van der Waals surface area contributed by atoms with Crippen molar-refractivity contribution in [3.05, 3.63) is 70.5 Å². The van der Waals surface area contributed by atoms with Gasteiger partial charge in [0.25, 0.3) is 5.91 Å². The van der Waals surface area contributed by atoms with Crippen molar-refractivity contribution in [3.63, 3.8) is 0 Å². The minimum absolute atomic E-state index is 0.222. The van der Waals surface area contributed by atoms with Crippen LogP contribution in [0.15, 0.2) is 53.5 Å². The summed E-state index contributed by atoms with van der Waals surface area (Å²) in [5.41, 5.74) is 1.30. The molecule has 0 bridgehead atoms. The van der Waals surface area contributed by atoms with Gasteiger partial charge in [-0.3, -0.25) is 9.79 Å². The highest BCUT2D eigenvalue weighted by Crippen LogP contribution is 2.14. The van der Waals surface area contributed by atoms with Crippen LogP contribution < -0.4 is 10.6 Å². The molecule has 2 rings (SSSR count). The van der Waals surface area contributed by atoms with Gasteiger partial charge >= 0.3 is 0 Å². The largest absolute Gasteiger partial charge is 0.354 e. The van der Waals surface area contributed by atoms with Gasteiger partial charge in [0.05, 0.1) is 10.6 Å². The summed E-state index contributed by atoms with van der Waals surface area (Å²) in [5.74, 6) is 0.169. The second kappa shape index (κ2) is 9.77. The molecule has 0 heterocycles. The molecular weight excluding hydrogens is 355 g/mol. The first-order valence-corrected chi connectivity index (χ1v) is 8.58. The molecule has 0 saturated heterocycles. The monoisotopic (exact) mass is 376 g/mol. The Morgan fingerprint density at radius 3 is 2.58 bits per heavy atom. The third-order valence-electron chi connectivity index (χ3n) is 3.69. The zero-order valence-corrected chi connectivity index (χ0v) is 15.6. The Bertz CT molecular complexity index is 782. The molecular formula is C19H22ClFN4O. The van der Waals surface area contributed by atoms with Crippen LogP contribution in [0.25, 0.3) is 0 Å². The molecule has 0 radical (unpaired) electrons. The molecule has 0 aromatic heterocycles. The Morgan fingerprint density at radius 2 is 1.88 bits per heavy atom. The SMILES string of the molecule is CN=C(NCCNC(=O)c1ccccc1Cl)N(C)Cc1cccc(F)c1. The number of guanidine groups is 1. The Hall–Kier alpha value is -2.60. The number of hydrogen-bond donors (Lipinski definition) is 2. The van der Waals surface area contributed by atoms with E-state index >= 15 is 0 Å². The lowest BCUT2D eigenvalue weighted by atomic mass is 10.2. The minimum Gasteiger partial charge on any atom is -0.354 e. The molecule has 0 spiro atoms. The predicted octanol–water partition coefficient (Wildman–Crippen LogP) is 2.92. The summed E-state index contributed by atoms with van der Waals surface area (Å²) >= 11 is 6.01. The van der Waals surface area contributed by atoms with Crippen LogP contribution in [-0.2, 0) is 6.54 Å². The Balaban J connectivity index is 1.80. The van der Waals surface area contributed by atoms with E-state index in [0.29, 0.717) is 36.2 Å². The maximum Gasteiger partial charge on any atom is 0.252 e. The van der Waals surface area contributed by atoms with Gasteiger partial charge in [-0.05, 0) is 29.8 Å². The zero-order chi connectivity index (χ0) is 18.9. The molecule has 0 saturated carbocycles. The van der Waals surface area contributed by atoms with Crippen LogP contribution in [-0.4, -0.2) is 44.0 Å². The summed E-state index contributed by atoms with van der Waals surface area (Å²) in [4.78, 5) is 18.2. The van der Waals surface area contributed by atoms with Crippen LogP contribution in [0.2, 0.25) is 5.02 Å². The fourth-order valence-electron chi connectivity index (χ4n) is 2.46. The minimum atomic E-state index is -0.263. The first-order chi connectivity index (χ1) is 12.5. The van der Waals surface area contributed by atoms with Crippen molar-refractivity contribution in [2.75, 3.05) is 27.2 Å². The van der Waals surface area contributed by atoms with Crippen molar-refractivity contribution in [3.8, 4) is 0 Å². The number of rotatable bonds is 6. The van der Waals surface area contributed by atoms with Gasteiger partial charge in [0.1, 0.15) is 5.82 Å².